The molecule has 0 radical (unpaired) electrons. The molecule has 38 heavy (non-hydrogen) atoms. The summed E-state index contributed by atoms with van der Waals surface area (Å²) in [6, 6.07) is 6.26. The molecule has 1 atom stereocenters. The molecule has 0 spiro atoms. The van der Waals surface area contributed by atoms with Gasteiger partial charge in [0.05, 0.1) is 31.4 Å². The second kappa shape index (κ2) is 18.2. The summed E-state index contributed by atoms with van der Waals surface area (Å²) in [6.07, 6.45) is 2.71. The number of carbonyl (C=O) groups is 2. The maximum atomic E-state index is 12.4. The third kappa shape index (κ3) is 10.9. The number of aromatic nitrogens is 1. The Morgan fingerprint density at radius 2 is 2.26 bits per heavy atom. The van der Waals surface area contributed by atoms with Gasteiger partial charge in [-0.25, -0.2) is 14.2 Å². The summed E-state index contributed by atoms with van der Waals surface area (Å²) in [5.41, 5.74) is 1.36. The molecule has 1 fully saturated rings. The Bertz CT molecular complexity index is 1050. The van der Waals surface area contributed by atoms with Crippen LogP contribution in [0.5, 0.6) is 0 Å². The standard InChI is InChI=1S/C18H24N4O4S2.C6H4BrF.CH4O/c1-2-25-18(24)14-9-20-16(17-19-3-7-28-17)21-15(14)11-22-4-6-26-13(10-22)12-27-8-5-23;7-5-2-1-3-6(8)4-5;1-2/h3,5,7,13H,2,4,6,8-12H2,1H3,(H,20,21);1-4H;2H,1H3. The lowest BCUT2D eigenvalue weighted by Crippen LogP contribution is -2.47. The molecular weight excluding hydrogens is 599 g/mol. The van der Waals surface area contributed by atoms with Crippen LogP contribution in [0, 0.1) is 5.82 Å². The number of thiazole rings is 1. The van der Waals surface area contributed by atoms with Crippen LogP contribution in [0.1, 0.15) is 11.9 Å². The van der Waals surface area contributed by atoms with Gasteiger partial charge in [-0.15, -0.1) is 11.3 Å². The largest absolute Gasteiger partial charge is 0.463 e. The zero-order valence-electron chi connectivity index (χ0n) is 21.3. The van der Waals surface area contributed by atoms with Crippen molar-refractivity contribution in [2.75, 3.05) is 58.0 Å². The Hall–Kier alpha value is -2.16. The average Bonchev–Trinajstić information content (AvgIpc) is 3.46. The molecule has 9 nitrogen and oxygen atoms in total. The number of nitrogens with one attached hydrogen (secondary N) is 1. The molecule has 208 valence electrons. The van der Waals surface area contributed by atoms with E-state index in [1.807, 2.05) is 5.38 Å². The van der Waals surface area contributed by atoms with E-state index in [0.717, 1.165) is 47.4 Å². The molecule has 1 unspecified atom stereocenters. The predicted octanol–water partition coefficient (Wildman–Crippen LogP) is 3.14. The summed E-state index contributed by atoms with van der Waals surface area (Å²) in [6.45, 7) is 5.13. The number of morpholine rings is 1. The lowest BCUT2D eigenvalue weighted by atomic mass is 10.1. The molecule has 2 aliphatic rings. The minimum Gasteiger partial charge on any atom is -0.463 e. The Morgan fingerprint density at radius 3 is 2.89 bits per heavy atom. The predicted molar refractivity (Wildman–Crippen MR) is 152 cm³/mol. The fraction of sp³-hybridized carbons (Fsp3) is 0.440. The number of rotatable bonds is 9. The maximum absolute atomic E-state index is 12.4. The summed E-state index contributed by atoms with van der Waals surface area (Å²) in [4.78, 5) is 33.9. The van der Waals surface area contributed by atoms with Crippen molar-refractivity contribution in [3.05, 3.63) is 62.4 Å². The Kier molecular flexibility index (Phi) is 15.3. The van der Waals surface area contributed by atoms with Crippen LogP contribution in [0.15, 0.2) is 56.6 Å². The van der Waals surface area contributed by atoms with Gasteiger partial charge in [0.2, 0.25) is 0 Å². The van der Waals surface area contributed by atoms with Crippen molar-refractivity contribution in [1.82, 2.24) is 15.2 Å². The SMILES string of the molecule is CCOC(=O)C1=C(CN2CCOC(CSCC=O)C2)NC(c2nccs2)=NC1.CO.Fc1cccc(Br)c1. The van der Waals surface area contributed by atoms with E-state index >= 15 is 0 Å². The van der Waals surface area contributed by atoms with Crippen molar-refractivity contribution in [3.63, 3.8) is 0 Å². The summed E-state index contributed by atoms with van der Waals surface area (Å²) in [7, 11) is 1.00. The van der Waals surface area contributed by atoms with E-state index in [2.05, 4.69) is 36.1 Å². The van der Waals surface area contributed by atoms with Crippen LogP contribution in [-0.2, 0) is 19.1 Å². The fourth-order valence-electron chi connectivity index (χ4n) is 3.47. The van der Waals surface area contributed by atoms with Crippen LogP contribution in [0.3, 0.4) is 0 Å². The van der Waals surface area contributed by atoms with Crippen LogP contribution in [0.2, 0.25) is 0 Å². The minimum absolute atomic E-state index is 0.0704. The van der Waals surface area contributed by atoms with E-state index in [1.54, 1.807) is 37.0 Å². The second-order valence-corrected chi connectivity index (χ2v) is 10.6. The van der Waals surface area contributed by atoms with E-state index in [0.29, 0.717) is 36.9 Å². The number of aldehydes is 1. The van der Waals surface area contributed by atoms with Crippen LogP contribution in [0.25, 0.3) is 0 Å². The van der Waals surface area contributed by atoms with Crippen molar-refractivity contribution in [2.45, 2.75) is 13.0 Å². The molecule has 4 rings (SSSR count). The van der Waals surface area contributed by atoms with Crippen LogP contribution in [0.4, 0.5) is 4.39 Å². The van der Waals surface area contributed by atoms with E-state index in [9.17, 15) is 14.0 Å². The Balaban J connectivity index is 0.000000428. The number of nitrogens with zero attached hydrogens (tertiary/aromatic N) is 3. The second-order valence-electron chi connectivity index (χ2n) is 7.68. The fourth-order valence-corrected chi connectivity index (χ4v) is 5.14. The van der Waals surface area contributed by atoms with Gasteiger partial charge in [-0.2, -0.15) is 11.8 Å². The molecule has 0 bridgehead atoms. The van der Waals surface area contributed by atoms with Gasteiger partial charge < -0.3 is 24.7 Å². The van der Waals surface area contributed by atoms with Gasteiger partial charge in [0.1, 0.15) is 12.1 Å². The average molecular weight is 632 g/mol. The number of halogens is 2. The van der Waals surface area contributed by atoms with E-state index in [4.69, 9.17) is 14.6 Å². The molecule has 1 saturated heterocycles. The lowest BCUT2D eigenvalue weighted by Gasteiger charge is -2.34. The molecule has 2 aliphatic heterocycles. The van der Waals surface area contributed by atoms with Crippen molar-refractivity contribution in [2.24, 2.45) is 4.99 Å². The van der Waals surface area contributed by atoms with Gasteiger partial charge in [0.15, 0.2) is 10.8 Å². The van der Waals surface area contributed by atoms with Crippen molar-refractivity contribution < 1.29 is 28.6 Å². The Labute approximate surface area is 238 Å². The maximum Gasteiger partial charge on any atom is 0.337 e. The molecule has 13 heteroatoms. The van der Waals surface area contributed by atoms with Gasteiger partial charge >= 0.3 is 5.97 Å². The number of carbonyl (C=O) groups excluding carboxylic acids is 2. The zero-order chi connectivity index (χ0) is 27.8. The van der Waals surface area contributed by atoms with Crippen LogP contribution < -0.4 is 5.32 Å². The van der Waals surface area contributed by atoms with Gasteiger partial charge in [-0.05, 0) is 25.1 Å². The molecule has 0 aliphatic carbocycles. The summed E-state index contributed by atoms with van der Waals surface area (Å²) in [5, 5.41) is 13.0. The van der Waals surface area contributed by atoms with E-state index < -0.39 is 0 Å². The minimum atomic E-state index is -0.335. The number of aliphatic imine (C=N–C) groups is 1. The molecule has 2 N–H and O–H groups in total. The molecule has 1 aromatic carbocycles. The third-order valence-electron chi connectivity index (χ3n) is 5.07. The highest BCUT2D eigenvalue weighted by Gasteiger charge is 2.27. The highest BCUT2D eigenvalue weighted by Crippen LogP contribution is 2.18. The first kappa shape index (κ1) is 32.1. The molecule has 1 aromatic heterocycles. The van der Waals surface area contributed by atoms with Crippen molar-refractivity contribution in [1.29, 1.82) is 0 Å². The van der Waals surface area contributed by atoms with E-state index in [1.165, 1.54) is 23.5 Å². The quantitative estimate of drug-likeness (QED) is 0.245. The number of thioether (sulfide) groups is 1. The number of esters is 1. The lowest BCUT2D eigenvalue weighted by molar-refractivity contribution is -0.138. The highest BCUT2D eigenvalue weighted by molar-refractivity contribution is 9.10. The number of aliphatic hydroxyl groups excluding tert-OH is 1. The number of hydrogen-bond acceptors (Lipinski definition) is 11. The summed E-state index contributed by atoms with van der Waals surface area (Å²) >= 11 is 6.19. The van der Waals surface area contributed by atoms with Gasteiger partial charge in [0, 0.05) is 60.0 Å². The van der Waals surface area contributed by atoms with Gasteiger partial charge in [0.25, 0.3) is 0 Å². The first-order valence-electron chi connectivity index (χ1n) is 11.8. The number of benzene rings is 1. The van der Waals surface area contributed by atoms with Crippen LogP contribution in [-0.4, -0.2) is 97.2 Å². The molecular formula is C25H32BrFN4O5S2. The Morgan fingerprint density at radius 1 is 1.45 bits per heavy atom. The monoisotopic (exact) mass is 630 g/mol. The summed E-state index contributed by atoms with van der Waals surface area (Å²) < 4.78 is 23.9. The normalized spacial score (nSPS) is 17.2. The van der Waals surface area contributed by atoms with Gasteiger partial charge in [-0.1, -0.05) is 22.0 Å². The molecule has 3 heterocycles. The number of ether oxygens (including phenoxy) is 2. The molecule has 2 aromatic rings. The molecule has 0 amide bonds. The van der Waals surface area contributed by atoms with E-state index in [-0.39, 0.29) is 24.4 Å². The molecule has 0 saturated carbocycles. The van der Waals surface area contributed by atoms with Crippen LogP contribution >= 0.6 is 39.0 Å². The van der Waals surface area contributed by atoms with Gasteiger partial charge in [-0.3, -0.25) is 9.89 Å². The van der Waals surface area contributed by atoms with Crippen molar-refractivity contribution >= 4 is 57.1 Å². The number of hydrogen-bond donors (Lipinski definition) is 2. The topological polar surface area (TPSA) is 113 Å². The first-order chi connectivity index (χ1) is 18.5. The number of aliphatic hydroxyl groups is 1. The zero-order valence-corrected chi connectivity index (χ0v) is 24.5. The number of amidine groups is 1. The third-order valence-corrected chi connectivity index (χ3v) is 7.32. The summed E-state index contributed by atoms with van der Waals surface area (Å²) in [5.74, 6) is 1.40. The first-order valence-corrected chi connectivity index (χ1v) is 14.6. The smallest absolute Gasteiger partial charge is 0.337 e. The highest BCUT2D eigenvalue weighted by atomic mass is 79.9. The van der Waals surface area contributed by atoms with Crippen molar-refractivity contribution in [3.8, 4) is 0 Å².